The lowest BCUT2D eigenvalue weighted by Crippen LogP contribution is -2.37. The third-order valence-electron chi connectivity index (χ3n) is 1.69. The van der Waals surface area contributed by atoms with E-state index in [1.54, 1.807) is 18.7 Å². The van der Waals surface area contributed by atoms with Crippen LogP contribution >= 0.6 is 11.8 Å². The summed E-state index contributed by atoms with van der Waals surface area (Å²) in [6, 6.07) is 2.07. The van der Waals surface area contributed by atoms with E-state index in [2.05, 4.69) is 6.07 Å². The van der Waals surface area contributed by atoms with Gasteiger partial charge in [-0.3, -0.25) is 0 Å². The van der Waals surface area contributed by atoms with Gasteiger partial charge in [0.05, 0.1) is 12.7 Å². The molecule has 0 aromatic carbocycles. The third kappa shape index (κ3) is 5.92. The number of nitrogens with zero attached hydrogens (tertiary/aromatic N) is 1. The molecular formula is C9H18N2OS. The van der Waals surface area contributed by atoms with E-state index in [1.807, 2.05) is 13.8 Å². The van der Waals surface area contributed by atoms with Gasteiger partial charge < -0.3 is 10.8 Å². The first-order valence-corrected chi connectivity index (χ1v) is 5.32. The third-order valence-corrected chi connectivity index (χ3v) is 2.93. The monoisotopic (exact) mass is 202 g/mol. The van der Waals surface area contributed by atoms with E-state index in [9.17, 15) is 0 Å². The van der Waals surface area contributed by atoms with Crippen molar-refractivity contribution in [2.45, 2.75) is 43.2 Å². The second kappa shape index (κ2) is 5.48. The average molecular weight is 202 g/mol. The lowest BCUT2D eigenvalue weighted by atomic mass is 10.00. The molecule has 3 N–H and O–H groups in total. The van der Waals surface area contributed by atoms with Crippen molar-refractivity contribution in [3.05, 3.63) is 0 Å². The molecule has 0 rings (SSSR count). The number of thioether (sulfide) groups is 1. The van der Waals surface area contributed by atoms with Crippen LogP contribution in [0.3, 0.4) is 0 Å². The molecule has 0 aliphatic rings. The Morgan fingerprint density at radius 3 is 2.46 bits per heavy atom. The van der Waals surface area contributed by atoms with Crippen LogP contribution < -0.4 is 5.73 Å². The van der Waals surface area contributed by atoms with Crippen molar-refractivity contribution < 1.29 is 5.11 Å². The van der Waals surface area contributed by atoms with E-state index in [0.717, 1.165) is 0 Å². The molecule has 0 fully saturated rings. The highest BCUT2D eigenvalue weighted by Gasteiger charge is 2.22. The van der Waals surface area contributed by atoms with Crippen LogP contribution in [0.1, 0.15) is 27.2 Å². The number of hydrogen-bond donors (Lipinski definition) is 2. The van der Waals surface area contributed by atoms with Gasteiger partial charge in [-0.25, -0.2) is 0 Å². The molecule has 4 heteroatoms. The zero-order valence-corrected chi connectivity index (χ0v) is 9.27. The Balaban J connectivity index is 3.88. The van der Waals surface area contributed by atoms with Gasteiger partial charge >= 0.3 is 0 Å². The summed E-state index contributed by atoms with van der Waals surface area (Å²) in [5.41, 5.74) is 4.95. The Kier molecular flexibility index (Phi) is 5.38. The molecule has 0 aliphatic heterocycles. The van der Waals surface area contributed by atoms with Gasteiger partial charge in [-0.2, -0.15) is 17.0 Å². The van der Waals surface area contributed by atoms with E-state index < -0.39 is 5.54 Å². The maximum absolute atomic E-state index is 8.82. The average Bonchev–Trinajstić information content (AvgIpc) is 2.03. The second-order valence-corrected chi connectivity index (χ2v) is 5.55. The predicted molar refractivity (Wildman–Crippen MR) is 56.4 cm³/mol. The summed E-state index contributed by atoms with van der Waals surface area (Å²) in [6.45, 7) is 5.89. The predicted octanol–water partition coefficient (Wildman–Crippen LogP) is 1.12. The van der Waals surface area contributed by atoms with E-state index in [1.165, 1.54) is 0 Å². The SMILES string of the molecule is CC(CO)SC(C)CC(C)(N)C#N. The van der Waals surface area contributed by atoms with Crippen LogP contribution in [0, 0.1) is 11.3 Å². The molecule has 0 radical (unpaired) electrons. The molecule has 0 saturated carbocycles. The minimum Gasteiger partial charge on any atom is -0.395 e. The first-order valence-electron chi connectivity index (χ1n) is 4.37. The summed E-state index contributed by atoms with van der Waals surface area (Å²) in [5.74, 6) is 0. The maximum atomic E-state index is 8.82. The van der Waals surface area contributed by atoms with Crippen LogP contribution in [0.2, 0.25) is 0 Å². The first kappa shape index (κ1) is 12.8. The highest BCUT2D eigenvalue weighted by atomic mass is 32.2. The first-order chi connectivity index (χ1) is 5.91. The topological polar surface area (TPSA) is 70.0 Å². The second-order valence-electron chi connectivity index (χ2n) is 3.67. The van der Waals surface area contributed by atoms with Crippen LogP contribution in [0.5, 0.6) is 0 Å². The summed E-state index contributed by atoms with van der Waals surface area (Å²) in [5, 5.41) is 18.0. The fourth-order valence-electron chi connectivity index (χ4n) is 1.13. The Labute approximate surface area is 84.3 Å². The van der Waals surface area contributed by atoms with Gasteiger partial charge in [0, 0.05) is 10.5 Å². The Bertz CT molecular complexity index is 189. The lowest BCUT2D eigenvalue weighted by molar-refractivity contribution is 0.299. The van der Waals surface area contributed by atoms with E-state index in [4.69, 9.17) is 16.1 Å². The Hall–Kier alpha value is -0.240. The van der Waals surface area contributed by atoms with Crippen molar-refractivity contribution in [3.8, 4) is 6.07 Å². The van der Waals surface area contributed by atoms with Crippen LogP contribution in [-0.4, -0.2) is 27.8 Å². The molecule has 3 unspecified atom stereocenters. The van der Waals surface area contributed by atoms with Crippen molar-refractivity contribution in [1.29, 1.82) is 5.26 Å². The van der Waals surface area contributed by atoms with Crippen LogP contribution in [0.15, 0.2) is 0 Å². The molecule has 3 atom stereocenters. The van der Waals surface area contributed by atoms with E-state index in [0.29, 0.717) is 11.7 Å². The molecule has 0 bridgehead atoms. The van der Waals surface area contributed by atoms with Gasteiger partial charge in [0.2, 0.25) is 0 Å². The zero-order valence-electron chi connectivity index (χ0n) is 8.45. The number of nitriles is 1. The minimum absolute atomic E-state index is 0.169. The Morgan fingerprint density at radius 1 is 1.54 bits per heavy atom. The molecule has 76 valence electrons. The van der Waals surface area contributed by atoms with Crippen molar-refractivity contribution in [1.82, 2.24) is 0 Å². The smallest absolute Gasteiger partial charge is 0.102 e. The van der Waals surface area contributed by atoms with Gasteiger partial charge in [0.15, 0.2) is 0 Å². The molecule has 3 nitrogen and oxygen atoms in total. The van der Waals surface area contributed by atoms with Gasteiger partial charge in [-0.1, -0.05) is 13.8 Å². The van der Waals surface area contributed by atoms with Crippen molar-refractivity contribution in [2.24, 2.45) is 5.73 Å². The van der Waals surface area contributed by atoms with Crippen LogP contribution in [-0.2, 0) is 0 Å². The fraction of sp³-hybridized carbons (Fsp3) is 0.889. The molecule has 0 spiro atoms. The fourth-order valence-corrected chi connectivity index (χ4v) is 2.45. The molecule has 0 aliphatic carbocycles. The van der Waals surface area contributed by atoms with Gasteiger partial charge in [-0.05, 0) is 13.3 Å². The molecule has 0 heterocycles. The summed E-state index contributed by atoms with van der Waals surface area (Å²) in [6.07, 6.45) is 0.651. The molecule has 0 amide bonds. The van der Waals surface area contributed by atoms with E-state index >= 15 is 0 Å². The maximum Gasteiger partial charge on any atom is 0.102 e. The summed E-state index contributed by atoms with van der Waals surface area (Å²) in [7, 11) is 0. The van der Waals surface area contributed by atoms with Crippen molar-refractivity contribution >= 4 is 11.8 Å². The quantitative estimate of drug-likeness (QED) is 0.701. The molecule has 0 saturated heterocycles. The normalized spacial score (nSPS) is 20.0. The highest BCUT2D eigenvalue weighted by molar-refractivity contribution is 8.00. The van der Waals surface area contributed by atoms with Crippen LogP contribution in [0.4, 0.5) is 0 Å². The number of aliphatic hydroxyl groups excluding tert-OH is 1. The van der Waals surface area contributed by atoms with Crippen molar-refractivity contribution in [2.75, 3.05) is 6.61 Å². The molecule has 0 aromatic heterocycles. The minimum atomic E-state index is -0.748. The van der Waals surface area contributed by atoms with E-state index in [-0.39, 0.29) is 11.9 Å². The number of rotatable bonds is 5. The molecular weight excluding hydrogens is 184 g/mol. The van der Waals surface area contributed by atoms with Crippen molar-refractivity contribution in [3.63, 3.8) is 0 Å². The summed E-state index contributed by atoms with van der Waals surface area (Å²) in [4.78, 5) is 0. The summed E-state index contributed by atoms with van der Waals surface area (Å²) >= 11 is 1.66. The number of nitrogens with two attached hydrogens (primary N) is 1. The molecule has 0 aromatic rings. The largest absolute Gasteiger partial charge is 0.395 e. The highest BCUT2D eigenvalue weighted by Crippen LogP contribution is 2.23. The number of hydrogen-bond acceptors (Lipinski definition) is 4. The van der Waals surface area contributed by atoms with Gasteiger partial charge in [0.25, 0.3) is 0 Å². The molecule has 13 heavy (non-hydrogen) atoms. The zero-order chi connectivity index (χ0) is 10.5. The lowest BCUT2D eigenvalue weighted by Gasteiger charge is -2.22. The Morgan fingerprint density at radius 2 is 2.08 bits per heavy atom. The summed E-state index contributed by atoms with van der Waals surface area (Å²) < 4.78 is 0. The van der Waals surface area contributed by atoms with Gasteiger partial charge in [0.1, 0.15) is 5.54 Å². The van der Waals surface area contributed by atoms with Gasteiger partial charge in [-0.15, -0.1) is 0 Å². The van der Waals surface area contributed by atoms with Crippen LogP contribution in [0.25, 0.3) is 0 Å². The number of aliphatic hydroxyl groups is 1. The standard InChI is InChI=1S/C9H18N2OS/c1-7(13-8(2)5-12)4-9(3,11)6-10/h7-8,12H,4-5,11H2,1-3H3.